The van der Waals surface area contributed by atoms with Crippen molar-refractivity contribution in [1.82, 2.24) is 0 Å². The van der Waals surface area contributed by atoms with Crippen LogP contribution in [0.1, 0.15) is 5.56 Å². The van der Waals surface area contributed by atoms with Crippen LogP contribution in [0.2, 0.25) is 0 Å². The Bertz CT molecular complexity index is 225. The second kappa shape index (κ2) is 4.34. The monoisotopic (exact) mass is 264 g/mol. The molecule has 0 nitrogen and oxygen atoms in total. The van der Waals surface area contributed by atoms with Crippen LogP contribution in [0.4, 0.5) is 0 Å². The van der Waals surface area contributed by atoms with Crippen molar-refractivity contribution in [2.75, 3.05) is 0 Å². The summed E-state index contributed by atoms with van der Waals surface area (Å²) in [5, 5.41) is 0. The Morgan fingerprint density at radius 1 is 1.40 bits per heavy atom. The van der Waals surface area contributed by atoms with Gasteiger partial charge in [0, 0.05) is 4.47 Å². The van der Waals surface area contributed by atoms with Crippen LogP contribution in [0.3, 0.4) is 0 Å². The number of hydrogen-bond donors (Lipinski definition) is 0. The first-order valence-corrected chi connectivity index (χ1v) is 3.83. The molecule has 0 saturated carbocycles. The van der Waals surface area contributed by atoms with Crippen molar-refractivity contribution in [3.63, 3.8) is 0 Å². The molecule has 0 bridgehead atoms. The van der Waals surface area contributed by atoms with Gasteiger partial charge in [-0.15, -0.1) is 0 Å². The van der Waals surface area contributed by atoms with E-state index in [9.17, 15) is 0 Å². The van der Waals surface area contributed by atoms with Gasteiger partial charge < -0.3 is 12.6 Å². The first-order chi connectivity index (χ1) is 4.20. The zero-order valence-corrected chi connectivity index (χ0v) is 8.66. The van der Waals surface area contributed by atoms with Crippen LogP contribution in [0.15, 0.2) is 27.6 Å². The number of aryl methyl sites for hydroxylation is 1. The number of halogens is 1. The van der Waals surface area contributed by atoms with E-state index in [1.807, 2.05) is 25.1 Å². The van der Waals surface area contributed by atoms with E-state index in [2.05, 4.69) is 15.9 Å². The van der Waals surface area contributed by atoms with Crippen LogP contribution in [0, 0.1) is 6.92 Å². The van der Waals surface area contributed by atoms with Gasteiger partial charge in [0.25, 0.3) is 0 Å². The molecule has 0 heterocycles. The standard InChI is InChI=1S/C7H7BrS.Cu/c1-5-4-6(8)2-3-7(5)9;/h2-4,9H,1H3;/q;+1/p-1. The topological polar surface area (TPSA) is 0 Å². The maximum absolute atomic E-state index is 4.99. The summed E-state index contributed by atoms with van der Waals surface area (Å²) < 4.78 is 1.09. The predicted octanol–water partition coefficient (Wildman–Crippen LogP) is 2.66. The van der Waals surface area contributed by atoms with E-state index in [0.717, 1.165) is 14.9 Å². The maximum atomic E-state index is 4.99. The molecule has 10 heavy (non-hydrogen) atoms. The SMILES string of the molecule is Cc1cc(Br)ccc1[S-].[Cu+]. The third-order valence-corrected chi connectivity index (χ3v) is 2.09. The third kappa shape index (κ3) is 2.59. The Balaban J connectivity index is 0.000000810. The average molecular weight is 266 g/mol. The van der Waals surface area contributed by atoms with Gasteiger partial charge >= 0.3 is 17.1 Å². The molecule has 1 rings (SSSR count). The molecule has 0 aromatic heterocycles. The molecule has 0 saturated heterocycles. The molecule has 0 N–H and O–H groups in total. The maximum Gasteiger partial charge on any atom is 1.00 e. The Kier molecular flexibility index (Phi) is 4.54. The predicted molar refractivity (Wildman–Crippen MR) is 44.5 cm³/mol. The fourth-order valence-corrected chi connectivity index (χ4v) is 1.22. The second-order valence-corrected chi connectivity index (χ2v) is 3.27. The van der Waals surface area contributed by atoms with Crippen LogP contribution >= 0.6 is 15.9 Å². The summed E-state index contributed by atoms with van der Waals surface area (Å²) in [6, 6.07) is 5.90. The van der Waals surface area contributed by atoms with Crippen molar-refractivity contribution in [1.29, 1.82) is 0 Å². The normalized spacial score (nSPS) is 8.60. The summed E-state index contributed by atoms with van der Waals surface area (Å²) in [6.07, 6.45) is 0. The number of hydrogen-bond acceptors (Lipinski definition) is 1. The smallest absolute Gasteiger partial charge is 0.779 e. The first kappa shape index (κ1) is 10.4. The van der Waals surface area contributed by atoms with Gasteiger partial charge in [0.1, 0.15) is 0 Å². The van der Waals surface area contributed by atoms with E-state index >= 15 is 0 Å². The molecule has 58 valence electrons. The molecular weight excluding hydrogens is 260 g/mol. The van der Waals surface area contributed by atoms with E-state index in [-0.39, 0.29) is 17.1 Å². The van der Waals surface area contributed by atoms with Gasteiger partial charge in [-0.2, -0.15) is 4.90 Å². The van der Waals surface area contributed by atoms with Crippen LogP contribution in [0.5, 0.6) is 0 Å². The van der Waals surface area contributed by atoms with Crippen molar-refractivity contribution < 1.29 is 17.1 Å². The fraction of sp³-hybridized carbons (Fsp3) is 0.143. The van der Waals surface area contributed by atoms with Crippen molar-refractivity contribution >= 4 is 28.6 Å². The van der Waals surface area contributed by atoms with Crippen LogP contribution in [0.25, 0.3) is 0 Å². The molecule has 0 atom stereocenters. The minimum Gasteiger partial charge on any atom is -0.779 e. The Labute approximate surface area is 85.4 Å². The molecule has 0 aliphatic rings. The zero-order valence-electron chi connectivity index (χ0n) is 5.32. The Morgan fingerprint density at radius 3 is 2.40 bits per heavy atom. The largest absolute Gasteiger partial charge is 1.00 e. The van der Waals surface area contributed by atoms with Gasteiger partial charge in [-0.05, 0) is 19.1 Å². The third-order valence-electron chi connectivity index (χ3n) is 1.14. The van der Waals surface area contributed by atoms with Crippen LogP contribution in [-0.4, -0.2) is 0 Å². The fourth-order valence-electron chi connectivity index (χ4n) is 0.613. The quantitative estimate of drug-likeness (QED) is 0.513. The van der Waals surface area contributed by atoms with Gasteiger partial charge in [-0.25, -0.2) is 0 Å². The Morgan fingerprint density at radius 2 is 2.00 bits per heavy atom. The molecule has 0 aliphatic carbocycles. The molecule has 1 aromatic rings. The second-order valence-electron chi connectivity index (χ2n) is 1.91. The molecule has 0 spiro atoms. The van der Waals surface area contributed by atoms with E-state index < -0.39 is 0 Å². The summed E-state index contributed by atoms with van der Waals surface area (Å²) in [5.74, 6) is 0. The molecular formula is C7H6BrCuS. The van der Waals surface area contributed by atoms with Gasteiger partial charge in [-0.3, -0.25) is 0 Å². The molecule has 0 unspecified atom stereocenters. The minimum absolute atomic E-state index is 0. The summed E-state index contributed by atoms with van der Waals surface area (Å²) in [7, 11) is 0. The molecule has 3 heteroatoms. The van der Waals surface area contributed by atoms with Crippen molar-refractivity contribution in [2.45, 2.75) is 11.8 Å². The summed E-state index contributed by atoms with van der Waals surface area (Å²) in [5.41, 5.74) is 1.15. The summed E-state index contributed by atoms with van der Waals surface area (Å²) in [6.45, 7) is 2.01. The van der Waals surface area contributed by atoms with Gasteiger partial charge in [0.2, 0.25) is 0 Å². The molecule has 0 aliphatic heterocycles. The van der Waals surface area contributed by atoms with Crippen molar-refractivity contribution in [2.24, 2.45) is 0 Å². The van der Waals surface area contributed by atoms with Gasteiger partial charge in [-0.1, -0.05) is 27.6 Å². The van der Waals surface area contributed by atoms with E-state index in [1.165, 1.54) is 0 Å². The first-order valence-electron chi connectivity index (χ1n) is 2.63. The zero-order chi connectivity index (χ0) is 6.85. The van der Waals surface area contributed by atoms with E-state index in [0.29, 0.717) is 0 Å². The van der Waals surface area contributed by atoms with Gasteiger partial charge in [0.15, 0.2) is 0 Å². The van der Waals surface area contributed by atoms with E-state index in [1.54, 1.807) is 0 Å². The molecule has 1 aromatic carbocycles. The van der Waals surface area contributed by atoms with Crippen molar-refractivity contribution in [3.05, 3.63) is 28.2 Å². The van der Waals surface area contributed by atoms with Gasteiger partial charge in [0.05, 0.1) is 0 Å². The number of benzene rings is 1. The van der Waals surface area contributed by atoms with Crippen LogP contribution in [-0.2, 0) is 29.7 Å². The molecule has 0 fully saturated rings. The molecule has 0 radical (unpaired) electrons. The summed E-state index contributed by atoms with van der Waals surface area (Å²) >= 11 is 8.34. The summed E-state index contributed by atoms with van der Waals surface area (Å²) in [4.78, 5) is 0.929. The van der Waals surface area contributed by atoms with E-state index in [4.69, 9.17) is 12.6 Å². The average Bonchev–Trinajstić information content (AvgIpc) is 1.80. The number of rotatable bonds is 0. The Hall–Kier alpha value is 0.439. The molecule has 0 amide bonds. The van der Waals surface area contributed by atoms with Crippen LogP contribution < -0.4 is 0 Å². The van der Waals surface area contributed by atoms with Crippen molar-refractivity contribution in [3.8, 4) is 0 Å². The minimum atomic E-state index is 0.